The third kappa shape index (κ3) is 43.2. The molecule has 0 saturated heterocycles. The molecule has 0 rings (SSSR count). The summed E-state index contributed by atoms with van der Waals surface area (Å²) in [6.45, 7) is 6.59. The van der Waals surface area contributed by atoms with Gasteiger partial charge < -0.3 is 25.0 Å². The van der Waals surface area contributed by atoms with Crippen molar-refractivity contribution in [2.24, 2.45) is 5.92 Å². The van der Waals surface area contributed by atoms with E-state index < -0.39 is 6.10 Å². The second-order valence-electron chi connectivity index (χ2n) is 16.0. The van der Waals surface area contributed by atoms with Crippen LogP contribution < -0.4 is 5.32 Å². The van der Waals surface area contributed by atoms with Crippen molar-refractivity contribution in [3.8, 4) is 0 Å². The Balaban J connectivity index is 3.84. The maximum Gasteiger partial charge on any atom is 0.305 e. The first kappa shape index (κ1) is 54.8. The summed E-state index contributed by atoms with van der Waals surface area (Å²) in [6, 6.07) is 0. The molecular weight excluding hydrogens is 711 g/mol. The van der Waals surface area contributed by atoms with E-state index in [0.29, 0.717) is 45.6 Å². The van der Waals surface area contributed by atoms with Gasteiger partial charge in [-0.05, 0) is 121 Å². The smallest absolute Gasteiger partial charge is 0.305 e. The lowest BCUT2D eigenvalue weighted by atomic mass is 9.92. The van der Waals surface area contributed by atoms with Gasteiger partial charge in [-0.25, -0.2) is 0 Å². The topological polar surface area (TPSA) is 105 Å². The molecule has 0 aromatic rings. The summed E-state index contributed by atoms with van der Waals surface area (Å²) in [7, 11) is 0. The number of allylic oxidation sites excluding steroid dienone is 8. The fourth-order valence-electron chi connectivity index (χ4n) is 6.85. The second-order valence-corrected chi connectivity index (χ2v) is 16.0. The summed E-state index contributed by atoms with van der Waals surface area (Å²) in [5.74, 6) is -0.112. The zero-order valence-electron chi connectivity index (χ0n) is 37.3. The van der Waals surface area contributed by atoms with Gasteiger partial charge in [0.05, 0.1) is 25.9 Å². The van der Waals surface area contributed by atoms with Crippen LogP contribution in [0.2, 0.25) is 0 Å². The highest BCUT2D eigenvalue weighted by atomic mass is 16.5. The molecule has 57 heavy (non-hydrogen) atoms. The van der Waals surface area contributed by atoms with E-state index in [4.69, 9.17) is 9.47 Å². The summed E-state index contributed by atoms with van der Waals surface area (Å²) in [6.07, 6.45) is 50.4. The molecule has 7 nitrogen and oxygen atoms in total. The molecule has 0 amide bonds. The summed E-state index contributed by atoms with van der Waals surface area (Å²) < 4.78 is 10.9. The molecule has 0 aromatic heterocycles. The molecule has 0 aliphatic heterocycles. The highest BCUT2D eigenvalue weighted by Crippen LogP contribution is 2.19. The molecule has 7 heteroatoms. The van der Waals surface area contributed by atoms with Crippen molar-refractivity contribution in [3.63, 3.8) is 0 Å². The molecule has 2 atom stereocenters. The van der Waals surface area contributed by atoms with Gasteiger partial charge in [-0.3, -0.25) is 9.59 Å². The summed E-state index contributed by atoms with van der Waals surface area (Å²) in [5, 5.41) is 23.4. The molecule has 332 valence electrons. The van der Waals surface area contributed by atoms with Crippen LogP contribution in [0.25, 0.3) is 0 Å². The van der Waals surface area contributed by atoms with Crippen molar-refractivity contribution in [1.82, 2.24) is 5.32 Å². The van der Waals surface area contributed by atoms with Gasteiger partial charge in [0.1, 0.15) is 0 Å². The number of hydrogen-bond donors (Lipinski definition) is 3. The van der Waals surface area contributed by atoms with E-state index in [9.17, 15) is 19.8 Å². The third-order valence-corrected chi connectivity index (χ3v) is 10.5. The van der Waals surface area contributed by atoms with Crippen molar-refractivity contribution >= 4 is 11.9 Å². The minimum Gasteiger partial charge on any atom is -0.466 e. The summed E-state index contributed by atoms with van der Waals surface area (Å²) in [4.78, 5) is 24.3. The lowest BCUT2D eigenvalue weighted by molar-refractivity contribution is -0.144. The second kappa shape index (κ2) is 46.5. The van der Waals surface area contributed by atoms with Crippen LogP contribution in [0.15, 0.2) is 48.6 Å². The fraction of sp³-hybridized carbons (Fsp3) is 0.800. The lowest BCUT2D eigenvalue weighted by Crippen LogP contribution is -2.33. The first-order chi connectivity index (χ1) is 28.0. The zero-order chi connectivity index (χ0) is 41.5. The highest BCUT2D eigenvalue weighted by Gasteiger charge is 2.18. The first-order valence-electron chi connectivity index (χ1n) is 24.0. The van der Waals surface area contributed by atoms with Gasteiger partial charge in [0.25, 0.3) is 0 Å². The van der Waals surface area contributed by atoms with Crippen LogP contribution in [0.5, 0.6) is 0 Å². The zero-order valence-corrected chi connectivity index (χ0v) is 37.3. The number of unbranched alkanes of at least 4 members (excludes halogenated alkanes) is 19. The van der Waals surface area contributed by atoms with Crippen molar-refractivity contribution in [3.05, 3.63) is 48.6 Å². The Morgan fingerprint density at radius 3 is 1.39 bits per heavy atom. The van der Waals surface area contributed by atoms with Crippen LogP contribution in [0, 0.1) is 5.92 Å². The number of esters is 2. The van der Waals surface area contributed by atoms with Gasteiger partial charge in [-0.1, -0.05) is 133 Å². The van der Waals surface area contributed by atoms with Crippen molar-refractivity contribution in [2.45, 2.75) is 219 Å². The van der Waals surface area contributed by atoms with Gasteiger partial charge in [0.15, 0.2) is 0 Å². The summed E-state index contributed by atoms with van der Waals surface area (Å²) in [5.41, 5.74) is 0. The molecule has 0 aliphatic rings. The van der Waals surface area contributed by atoms with Crippen LogP contribution in [0.4, 0.5) is 0 Å². The van der Waals surface area contributed by atoms with E-state index in [1.807, 2.05) is 0 Å². The van der Waals surface area contributed by atoms with Crippen LogP contribution in [-0.4, -0.2) is 61.2 Å². The SMILES string of the molecule is CCCCC/C=C\C/C=C\CCCCCCCC(=O)OCCCCCC(O)C(CCCCOC(=O)CCCCCCC/C=C\C/C=C\CCCCC)CNCCO. The van der Waals surface area contributed by atoms with Crippen LogP contribution in [0.1, 0.15) is 213 Å². The Hall–Kier alpha value is -2.22. The Morgan fingerprint density at radius 1 is 0.509 bits per heavy atom. The Kier molecular flexibility index (Phi) is 44.7. The standard InChI is InChI=1S/C50H91NO6/c1-3-5-7-9-11-13-15-17-19-21-23-25-27-29-33-40-49(54)56-44-36-31-32-39-48(53)47(46-51-42-43-52)38-35-37-45-57-50(55)41-34-30-28-26-24-22-20-18-16-14-12-10-8-6-4-2/h11-14,17-20,47-48,51-53H,3-10,15-16,21-46H2,1-2H3/b13-11-,14-12-,19-17-,20-18-. The number of hydrogen-bond acceptors (Lipinski definition) is 7. The third-order valence-electron chi connectivity index (χ3n) is 10.5. The van der Waals surface area contributed by atoms with E-state index in [1.54, 1.807) is 0 Å². The summed E-state index contributed by atoms with van der Waals surface area (Å²) >= 11 is 0. The molecule has 3 N–H and O–H groups in total. The Labute approximate surface area is 352 Å². The molecule has 2 unspecified atom stereocenters. The fourth-order valence-corrected chi connectivity index (χ4v) is 6.85. The predicted molar refractivity (Wildman–Crippen MR) is 242 cm³/mol. The molecule has 0 aromatic carbocycles. The normalized spacial score (nSPS) is 13.1. The number of aliphatic hydroxyl groups is 2. The molecule has 0 bridgehead atoms. The van der Waals surface area contributed by atoms with Gasteiger partial charge in [0.2, 0.25) is 0 Å². The van der Waals surface area contributed by atoms with E-state index in [1.165, 1.54) is 83.5 Å². The van der Waals surface area contributed by atoms with Crippen LogP contribution >= 0.6 is 0 Å². The molecule has 0 heterocycles. The lowest BCUT2D eigenvalue weighted by Gasteiger charge is -2.23. The minimum absolute atomic E-state index is 0.0712. The Morgan fingerprint density at radius 2 is 0.912 bits per heavy atom. The van der Waals surface area contributed by atoms with Crippen molar-refractivity contribution in [2.75, 3.05) is 32.9 Å². The van der Waals surface area contributed by atoms with Gasteiger partial charge >= 0.3 is 11.9 Å². The van der Waals surface area contributed by atoms with Crippen molar-refractivity contribution < 1.29 is 29.3 Å². The highest BCUT2D eigenvalue weighted by molar-refractivity contribution is 5.69. The molecular formula is C50H91NO6. The number of ether oxygens (including phenoxy) is 2. The van der Waals surface area contributed by atoms with Gasteiger partial charge in [-0.15, -0.1) is 0 Å². The Bertz CT molecular complexity index is 976. The van der Waals surface area contributed by atoms with Crippen LogP contribution in [0.3, 0.4) is 0 Å². The van der Waals surface area contributed by atoms with E-state index >= 15 is 0 Å². The quantitative estimate of drug-likeness (QED) is 0.0320. The number of rotatable bonds is 44. The van der Waals surface area contributed by atoms with Gasteiger partial charge in [0, 0.05) is 25.9 Å². The number of carbonyl (C=O) groups excluding carboxylic acids is 2. The number of carbonyl (C=O) groups is 2. The maximum atomic E-state index is 12.2. The average Bonchev–Trinajstić information content (AvgIpc) is 3.21. The molecule has 0 aliphatic carbocycles. The van der Waals surface area contributed by atoms with Gasteiger partial charge in [-0.2, -0.15) is 0 Å². The van der Waals surface area contributed by atoms with Crippen molar-refractivity contribution in [1.29, 1.82) is 0 Å². The number of aliphatic hydroxyl groups excluding tert-OH is 2. The number of nitrogens with one attached hydrogen (secondary N) is 1. The van der Waals surface area contributed by atoms with E-state index in [-0.39, 0.29) is 24.5 Å². The van der Waals surface area contributed by atoms with E-state index in [2.05, 4.69) is 67.8 Å². The molecule has 0 fully saturated rings. The molecule has 0 radical (unpaired) electrons. The first-order valence-corrected chi connectivity index (χ1v) is 24.0. The molecule has 0 spiro atoms. The van der Waals surface area contributed by atoms with E-state index in [0.717, 1.165) is 96.3 Å². The predicted octanol–water partition coefficient (Wildman–Crippen LogP) is 13.0. The maximum absolute atomic E-state index is 12.2. The minimum atomic E-state index is -0.433. The van der Waals surface area contributed by atoms with Crippen LogP contribution in [-0.2, 0) is 19.1 Å². The molecule has 0 saturated carbocycles. The monoisotopic (exact) mass is 802 g/mol. The largest absolute Gasteiger partial charge is 0.466 e. The average molecular weight is 802 g/mol.